The molecule has 0 aliphatic carbocycles. The van der Waals surface area contributed by atoms with Gasteiger partial charge in [0, 0.05) is 51.3 Å². The second-order valence-corrected chi connectivity index (χ2v) is 7.22. The number of ether oxygens (including phenoxy) is 1. The molecule has 0 amide bonds. The molecule has 0 aromatic carbocycles. The van der Waals surface area contributed by atoms with Crippen molar-refractivity contribution in [3.63, 3.8) is 0 Å². The normalized spacial score (nSPS) is 22.5. The van der Waals surface area contributed by atoms with Crippen molar-refractivity contribution in [3.05, 3.63) is 16.1 Å². The fraction of sp³-hybridized carbons (Fsp3) is 0.750. The SMILES string of the molecule is CN=C(NCc1scnc1C)N1CCN(CC2CCOC2)CC1.I. The summed E-state index contributed by atoms with van der Waals surface area (Å²) in [6.45, 7) is 10.2. The molecular weight excluding hydrogens is 437 g/mol. The van der Waals surface area contributed by atoms with Gasteiger partial charge in [0.2, 0.25) is 0 Å². The highest BCUT2D eigenvalue weighted by molar-refractivity contribution is 14.0. The van der Waals surface area contributed by atoms with Gasteiger partial charge in [0.25, 0.3) is 0 Å². The predicted octanol–water partition coefficient (Wildman–Crippen LogP) is 1.80. The highest BCUT2D eigenvalue weighted by Gasteiger charge is 2.24. The van der Waals surface area contributed by atoms with Crippen LogP contribution in [0.5, 0.6) is 0 Å². The first-order chi connectivity index (χ1) is 11.3. The van der Waals surface area contributed by atoms with Crippen molar-refractivity contribution in [2.24, 2.45) is 10.9 Å². The Balaban J connectivity index is 0.00000208. The van der Waals surface area contributed by atoms with E-state index >= 15 is 0 Å². The second kappa shape index (κ2) is 9.88. The van der Waals surface area contributed by atoms with Crippen LogP contribution in [-0.4, -0.2) is 73.7 Å². The third kappa shape index (κ3) is 5.27. The lowest BCUT2D eigenvalue weighted by Crippen LogP contribution is -2.53. The molecule has 2 aliphatic heterocycles. The van der Waals surface area contributed by atoms with Gasteiger partial charge in [-0.1, -0.05) is 0 Å². The number of aliphatic imine (C=N–C) groups is 1. The summed E-state index contributed by atoms with van der Waals surface area (Å²) in [4.78, 5) is 15.0. The van der Waals surface area contributed by atoms with Crippen LogP contribution in [0.1, 0.15) is 17.0 Å². The molecular formula is C16H28IN5OS. The number of piperazine rings is 1. The lowest BCUT2D eigenvalue weighted by molar-refractivity contribution is 0.139. The van der Waals surface area contributed by atoms with Gasteiger partial charge >= 0.3 is 0 Å². The number of aromatic nitrogens is 1. The van der Waals surface area contributed by atoms with Crippen molar-refractivity contribution in [1.82, 2.24) is 20.1 Å². The highest BCUT2D eigenvalue weighted by Crippen LogP contribution is 2.15. The molecule has 0 bridgehead atoms. The topological polar surface area (TPSA) is 53.0 Å². The number of rotatable bonds is 4. The molecule has 24 heavy (non-hydrogen) atoms. The zero-order valence-electron chi connectivity index (χ0n) is 14.5. The van der Waals surface area contributed by atoms with Crippen LogP contribution in [-0.2, 0) is 11.3 Å². The molecule has 0 radical (unpaired) electrons. The third-order valence-corrected chi connectivity index (χ3v) is 5.61. The lowest BCUT2D eigenvalue weighted by atomic mass is 10.1. The van der Waals surface area contributed by atoms with Crippen LogP contribution < -0.4 is 5.32 Å². The number of aryl methyl sites for hydroxylation is 1. The molecule has 0 spiro atoms. The average molecular weight is 465 g/mol. The molecule has 1 aromatic heterocycles. The van der Waals surface area contributed by atoms with E-state index < -0.39 is 0 Å². The summed E-state index contributed by atoms with van der Waals surface area (Å²) in [6.07, 6.45) is 1.22. The first-order valence-electron chi connectivity index (χ1n) is 8.41. The molecule has 0 saturated carbocycles. The standard InChI is InChI=1S/C16H27N5OS.HI/c1-13-15(23-12-19-13)9-18-16(17-2)21-6-4-20(5-7-21)10-14-3-8-22-11-14;/h12,14H,3-11H2,1-2H3,(H,17,18);1H. The number of hydrogen-bond donors (Lipinski definition) is 1. The van der Waals surface area contributed by atoms with Crippen LogP contribution in [0.2, 0.25) is 0 Å². The van der Waals surface area contributed by atoms with Gasteiger partial charge in [-0.25, -0.2) is 4.98 Å². The number of nitrogens with one attached hydrogen (secondary N) is 1. The van der Waals surface area contributed by atoms with Crippen molar-refractivity contribution < 1.29 is 4.74 Å². The summed E-state index contributed by atoms with van der Waals surface area (Å²) in [6, 6.07) is 0. The Morgan fingerprint density at radius 1 is 1.42 bits per heavy atom. The molecule has 2 saturated heterocycles. The molecule has 136 valence electrons. The Hall–Kier alpha value is -0.450. The molecule has 2 fully saturated rings. The maximum atomic E-state index is 5.48. The van der Waals surface area contributed by atoms with E-state index in [0.29, 0.717) is 0 Å². The Bertz CT molecular complexity index is 524. The van der Waals surface area contributed by atoms with Crippen molar-refractivity contribution >= 4 is 41.3 Å². The number of halogens is 1. The van der Waals surface area contributed by atoms with E-state index in [1.165, 1.54) is 17.8 Å². The van der Waals surface area contributed by atoms with E-state index in [0.717, 1.165) is 63.5 Å². The maximum Gasteiger partial charge on any atom is 0.194 e. The van der Waals surface area contributed by atoms with E-state index in [4.69, 9.17) is 4.74 Å². The van der Waals surface area contributed by atoms with Crippen LogP contribution in [0, 0.1) is 12.8 Å². The van der Waals surface area contributed by atoms with Gasteiger partial charge in [0.05, 0.1) is 24.4 Å². The van der Waals surface area contributed by atoms with Crippen LogP contribution in [0.3, 0.4) is 0 Å². The molecule has 1 N–H and O–H groups in total. The fourth-order valence-corrected chi connectivity index (χ4v) is 3.94. The van der Waals surface area contributed by atoms with Crippen molar-refractivity contribution in [3.8, 4) is 0 Å². The van der Waals surface area contributed by atoms with Crippen molar-refractivity contribution in [1.29, 1.82) is 0 Å². The van der Waals surface area contributed by atoms with E-state index in [9.17, 15) is 0 Å². The predicted molar refractivity (Wildman–Crippen MR) is 109 cm³/mol. The lowest BCUT2D eigenvalue weighted by Gasteiger charge is -2.37. The van der Waals surface area contributed by atoms with E-state index in [1.54, 1.807) is 11.3 Å². The van der Waals surface area contributed by atoms with E-state index in [1.807, 2.05) is 12.6 Å². The summed E-state index contributed by atoms with van der Waals surface area (Å²) in [5.74, 6) is 1.73. The summed E-state index contributed by atoms with van der Waals surface area (Å²) < 4.78 is 5.48. The van der Waals surface area contributed by atoms with Crippen LogP contribution in [0.15, 0.2) is 10.5 Å². The van der Waals surface area contributed by atoms with Gasteiger partial charge in [0.15, 0.2) is 5.96 Å². The van der Waals surface area contributed by atoms with E-state index in [-0.39, 0.29) is 24.0 Å². The minimum atomic E-state index is 0. The molecule has 6 nitrogen and oxygen atoms in total. The summed E-state index contributed by atoms with van der Waals surface area (Å²) >= 11 is 1.70. The van der Waals surface area contributed by atoms with Crippen LogP contribution >= 0.6 is 35.3 Å². The highest BCUT2D eigenvalue weighted by atomic mass is 127. The molecule has 2 aliphatic rings. The first-order valence-corrected chi connectivity index (χ1v) is 9.29. The molecule has 1 atom stereocenters. The smallest absolute Gasteiger partial charge is 0.194 e. The van der Waals surface area contributed by atoms with Crippen LogP contribution in [0.4, 0.5) is 0 Å². The Labute approximate surface area is 165 Å². The zero-order valence-corrected chi connectivity index (χ0v) is 17.7. The zero-order chi connectivity index (χ0) is 16.1. The summed E-state index contributed by atoms with van der Waals surface area (Å²) in [5, 5.41) is 3.48. The largest absolute Gasteiger partial charge is 0.381 e. The Morgan fingerprint density at radius 3 is 2.79 bits per heavy atom. The minimum Gasteiger partial charge on any atom is -0.381 e. The number of thiazole rings is 1. The maximum absolute atomic E-state index is 5.48. The van der Waals surface area contributed by atoms with Gasteiger partial charge in [0.1, 0.15) is 0 Å². The number of nitrogens with zero attached hydrogens (tertiary/aromatic N) is 4. The average Bonchev–Trinajstić information content (AvgIpc) is 3.21. The first kappa shape index (κ1) is 19.9. The van der Waals surface area contributed by atoms with Gasteiger partial charge in [-0.3, -0.25) is 9.89 Å². The summed E-state index contributed by atoms with van der Waals surface area (Å²) in [7, 11) is 1.87. The molecule has 8 heteroatoms. The van der Waals surface area contributed by atoms with Crippen molar-refractivity contribution in [2.45, 2.75) is 19.9 Å². The quantitative estimate of drug-likeness (QED) is 0.418. The number of hydrogen-bond acceptors (Lipinski definition) is 5. The fourth-order valence-electron chi connectivity index (χ4n) is 3.22. The van der Waals surface area contributed by atoms with Gasteiger partial charge < -0.3 is 15.0 Å². The molecule has 1 unspecified atom stereocenters. The van der Waals surface area contributed by atoms with Crippen LogP contribution in [0.25, 0.3) is 0 Å². The van der Waals surface area contributed by atoms with Gasteiger partial charge in [-0.2, -0.15) is 0 Å². The van der Waals surface area contributed by atoms with Gasteiger partial charge in [-0.05, 0) is 19.3 Å². The molecule has 3 rings (SSSR count). The second-order valence-electron chi connectivity index (χ2n) is 6.28. The summed E-state index contributed by atoms with van der Waals surface area (Å²) in [5.41, 5.74) is 3.02. The molecule has 1 aromatic rings. The monoisotopic (exact) mass is 465 g/mol. The number of guanidine groups is 1. The minimum absolute atomic E-state index is 0. The molecule has 3 heterocycles. The third-order valence-electron chi connectivity index (χ3n) is 4.68. The van der Waals surface area contributed by atoms with Crippen molar-refractivity contribution in [2.75, 3.05) is 53.0 Å². The van der Waals surface area contributed by atoms with E-state index in [2.05, 4.69) is 32.0 Å². The Kier molecular flexibility index (Phi) is 8.18. The van der Waals surface area contributed by atoms with Gasteiger partial charge in [-0.15, -0.1) is 35.3 Å². The Morgan fingerprint density at radius 2 is 2.21 bits per heavy atom.